The van der Waals surface area contributed by atoms with Gasteiger partial charge in [-0.1, -0.05) is 36.4 Å². The van der Waals surface area contributed by atoms with Crippen LogP contribution < -0.4 is 10.2 Å². The Morgan fingerprint density at radius 3 is 2.82 bits per heavy atom. The van der Waals surface area contributed by atoms with Crippen LogP contribution in [0.2, 0.25) is 0 Å². The van der Waals surface area contributed by atoms with Gasteiger partial charge in [-0.2, -0.15) is 5.10 Å². The van der Waals surface area contributed by atoms with E-state index in [4.69, 9.17) is 4.74 Å². The average Bonchev–Trinajstić information content (AvgIpc) is 2.68. The molecule has 0 spiro atoms. The summed E-state index contributed by atoms with van der Waals surface area (Å²) in [7, 11) is 0. The molecule has 0 aliphatic carbocycles. The highest BCUT2D eigenvalue weighted by molar-refractivity contribution is 6.02. The SMILES string of the molecule is Cc1ccc(OCC(=O)N/N=C\c2c(O)ccc3ccccc23)c([N+](=O)[O-])c1. The van der Waals surface area contributed by atoms with Crippen LogP contribution in [0.3, 0.4) is 0 Å². The average molecular weight is 379 g/mol. The summed E-state index contributed by atoms with van der Waals surface area (Å²) in [4.78, 5) is 22.4. The van der Waals surface area contributed by atoms with Gasteiger partial charge in [0.05, 0.1) is 11.1 Å². The molecule has 1 amide bonds. The first-order valence-corrected chi connectivity index (χ1v) is 8.36. The van der Waals surface area contributed by atoms with Crippen molar-refractivity contribution in [3.05, 3.63) is 75.8 Å². The number of aromatic hydroxyl groups is 1. The molecule has 0 aromatic heterocycles. The normalized spacial score (nSPS) is 10.9. The number of carbonyl (C=O) groups is 1. The first-order valence-electron chi connectivity index (χ1n) is 8.36. The van der Waals surface area contributed by atoms with Crippen LogP contribution in [-0.2, 0) is 4.79 Å². The molecule has 0 aliphatic heterocycles. The molecule has 3 aromatic carbocycles. The Morgan fingerprint density at radius 2 is 2.04 bits per heavy atom. The minimum atomic E-state index is -0.592. The first-order chi connectivity index (χ1) is 13.5. The number of ether oxygens (including phenoxy) is 1. The molecule has 0 atom stereocenters. The van der Waals surface area contributed by atoms with Crippen molar-refractivity contribution in [1.82, 2.24) is 5.43 Å². The number of amides is 1. The van der Waals surface area contributed by atoms with E-state index in [0.717, 1.165) is 10.8 Å². The van der Waals surface area contributed by atoms with Gasteiger partial charge in [-0.15, -0.1) is 0 Å². The summed E-state index contributed by atoms with van der Waals surface area (Å²) in [6.07, 6.45) is 1.34. The van der Waals surface area contributed by atoms with Crippen molar-refractivity contribution in [1.29, 1.82) is 0 Å². The fraction of sp³-hybridized carbons (Fsp3) is 0.100. The predicted molar refractivity (Wildman–Crippen MR) is 105 cm³/mol. The molecule has 0 saturated carbocycles. The van der Waals surface area contributed by atoms with E-state index >= 15 is 0 Å². The molecule has 3 aromatic rings. The zero-order valence-electron chi connectivity index (χ0n) is 15.0. The molecule has 142 valence electrons. The molecule has 8 heteroatoms. The number of nitro benzene ring substituents is 1. The number of hydrazone groups is 1. The highest BCUT2D eigenvalue weighted by Crippen LogP contribution is 2.27. The number of benzene rings is 3. The van der Waals surface area contributed by atoms with Crippen LogP contribution in [0.5, 0.6) is 11.5 Å². The molecular weight excluding hydrogens is 362 g/mol. The van der Waals surface area contributed by atoms with Crippen LogP contribution >= 0.6 is 0 Å². The fourth-order valence-corrected chi connectivity index (χ4v) is 2.66. The molecule has 0 radical (unpaired) electrons. The zero-order chi connectivity index (χ0) is 20.1. The second-order valence-corrected chi connectivity index (χ2v) is 6.03. The van der Waals surface area contributed by atoms with E-state index in [1.165, 1.54) is 18.3 Å². The van der Waals surface area contributed by atoms with Crippen LogP contribution in [0.4, 0.5) is 5.69 Å². The molecule has 0 bridgehead atoms. The Balaban J connectivity index is 1.66. The van der Waals surface area contributed by atoms with Gasteiger partial charge in [-0.3, -0.25) is 14.9 Å². The third-order valence-corrected chi connectivity index (χ3v) is 4.00. The lowest BCUT2D eigenvalue weighted by Gasteiger charge is -2.07. The van der Waals surface area contributed by atoms with Crippen molar-refractivity contribution in [2.24, 2.45) is 5.10 Å². The predicted octanol–water partition coefficient (Wildman–Crippen LogP) is 3.29. The molecule has 0 heterocycles. The van der Waals surface area contributed by atoms with Gasteiger partial charge in [0.1, 0.15) is 5.75 Å². The van der Waals surface area contributed by atoms with Gasteiger partial charge < -0.3 is 9.84 Å². The van der Waals surface area contributed by atoms with E-state index in [0.29, 0.717) is 11.1 Å². The maximum atomic E-state index is 11.9. The number of rotatable bonds is 6. The Kier molecular flexibility index (Phi) is 5.50. The number of nitro groups is 1. The number of aryl methyl sites for hydroxylation is 1. The number of nitrogens with one attached hydrogen (secondary N) is 1. The lowest BCUT2D eigenvalue weighted by Crippen LogP contribution is -2.24. The smallest absolute Gasteiger partial charge is 0.311 e. The summed E-state index contributed by atoms with van der Waals surface area (Å²) in [5, 5.41) is 26.6. The Hall–Kier alpha value is -3.94. The van der Waals surface area contributed by atoms with E-state index in [-0.39, 0.29) is 17.2 Å². The number of fused-ring (bicyclic) bond motifs is 1. The van der Waals surface area contributed by atoms with Crippen LogP contribution in [0.1, 0.15) is 11.1 Å². The lowest BCUT2D eigenvalue weighted by atomic mass is 10.0. The molecule has 0 saturated heterocycles. The zero-order valence-corrected chi connectivity index (χ0v) is 15.0. The third kappa shape index (κ3) is 4.24. The fourth-order valence-electron chi connectivity index (χ4n) is 2.66. The molecule has 0 fully saturated rings. The summed E-state index contributed by atoms with van der Waals surface area (Å²) in [5.41, 5.74) is 3.24. The van der Waals surface area contributed by atoms with E-state index in [1.54, 1.807) is 25.1 Å². The van der Waals surface area contributed by atoms with Crippen molar-refractivity contribution in [2.45, 2.75) is 6.92 Å². The number of phenols is 1. The Morgan fingerprint density at radius 1 is 1.25 bits per heavy atom. The highest BCUT2D eigenvalue weighted by Gasteiger charge is 2.16. The summed E-state index contributed by atoms with van der Waals surface area (Å²) < 4.78 is 5.23. The van der Waals surface area contributed by atoms with E-state index in [9.17, 15) is 20.0 Å². The second kappa shape index (κ2) is 8.17. The third-order valence-electron chi connectivity index (χ3n) is 4.00. The van der Waals surface area contributed by atoms with Gasteiger partial charge in [-0.05, 0) is 35.4 Å². The van der Waals surface area contributed by atoms with Gasteiger partial charge in [0.2, 0.25) is 0 Å². The maximum Gasteiger partial charge on any atom is 0.311 e. The lowest BCUT2D eigenvalue weighted by molar-refractivity contribution is -0.385. The van der Waals surface area contributed by atoms with Crippen molar-refractivity contribution in [3.63, 3.8) is 0 Å². The largest absolute Gasteiger partial charge is 0.507 e. The molecular formula is C20H17N3O5. The van der Waals surface area contributed by atoms with Gasteiger partial charge in [-0.25, -0.2) is 5.43 Å². The Labute approximate surface area is 160 Å². The maximum absolute atomic E-state index is 11.9. The summed E-state index contributed by atoms with van der Waals surface area (Å²) in [6, 6.07) is 15.2. The van der Waals surface area contributed by atoms with Crippen LogP contribution in [0, 0.1) is 17.0 Å². The quantitative estimate of drug-likeness (QED) is 0.387. The number of carbonyl (C=O) groups excluding carboxylic acids is 1. The molecule has 28 heavy (non-hydrogen) atoms. The van der Waals surface area contributed by atoms with Gasteiger partial charge in [0.25, 0.3) is 5.91 Å². The van der Waals surface area contributed by atoms with Crippen molar-refractivity contribution in [3.8, 4) is 11.5 Å². The summed E-state index contributed by atoms with van der Waals surface area (Å²) in [5.74, 6) is -0.560. The molecule has 3 rings (SSSR count). The minimum Gasteiger partial charge on any atom is -0.507 e. The van der Waals surface area contributed by atoms with Crippen LogP contribution in [0.25, 0.3) is 10.8 Å². The van der Waals surface area contributed by atoms with E-state index < -0.39 is 17.4 Å². The van der Waals surface area contributed by atoms with Crippen molar-refractivity contribution < 1.29 is 19.6 Å². The molecule has 0 aliphatic rings. The second-order valence-electron chi connectivity index (χ2n) is 6.03. The summed E-state index contributed by atoms with van der Waals surface area (Å²) >= 11 is 0. The van der Waals surface area contributed by atoms with Crippen LogP contribution in [-0.4, -0.2) is 28.8 Å². The molecule has 0 unspecified atom stereocenters. The number of hydrogen-bond acceptors (Lipinski definition) is 6. The van der Waals surface area contributed by atoms with Crippen molar-refractivity contribution in [2.75, 3.05) is 6.61 Å². The Bertz CT molecular complexity index is 1080. The molecule has 2 N–H and O–H groups in total. The number of phenolic OH excluding ortho intramolecular Hbond substituents is 1. The van der Waals surface area contributed by atoms with Gasteiger partial charge >= 0.3 is 5.69 Å². The van der Waals surface area contributed by atoms with Crippen LogP contribution in [0.15, 0.2) is 59.7 Å². The van der Waals surface area contributed by atoms with Gasteiger partial charge in [0, 0.05) is 11.6 Å². The number of hydrogen-bond donors (Lipinski definition) is 2. The first kappa shape index (κ1) is 18.8. The van der Waals surface area contributed by atoms with Gasteiger partial charge in [0.15, 0.2) is 12.4 Å². The minimum absolute atomic E-state index is 0.00132. The van der Waals surface area contributed by atoms with Crippen molar-refractivity contribution >= 4 is 28.6 Å². The summed E-state index contributed by atoms with van der Waals surface area (Å²) in [6.45, 7) is 1.28. The van der Waals surface area contributed by atoms with E-state index in [2.05, 4.69) is 10.5 Å². The van der Waals surface area contributed by atoms with E-state index in [1.807, 2.05) is 24.3 Å². The topological polar surface area (TPSA) is 114 Å². The number of nitrogens with zero attached hydrogens (tertiary/aromatic N) is 2. The highest BCUT2D eigenvalue weighted by atomic mass is 16.6. The molecule has 8 nitrogen and oxygen atoms in total. The monoisotopic (exact) mass is 379 g/mol. The standard InChI is InChI=1S/C20H17N3O5/c1-13-6-9-19(17(10-13)23(26)27)28-12-20(25)22-21-11-16-15-5-3-2-4-14(15)7-8-18(16)24/h2-11,24H,12H2,1H3,(H,22,25)/b21-11-.